The molecule has 0 saturated heterocycles. The van der Waals surface area contributed by atoms with Crippen LogP contribution in [0.5, 0.6) is 0 Å². The van der Waals surface area contributed by atoms with Crippen molar-refractivity contribution in [3.8, 4) is 0 Å². The van der Waals surface area contributed by atoms with Crippen LogP contribution in [0.15, 0.2) is 16.6 Å². The molecule has 0 radical (unpaired) electrons. The number of hydrogen-bond donors (Lipinski definition) is 2. The largest absolute Gasteiger partial charge is 0.359 e. The van der Waals surface area contributed by atoms with Crippen molar-refractivity contribution < 1.29 is 14.4 Å². The highest BCUT2D eigenvalue weighted by Crippen LogP contribution is 2.41. The molecule has 0 spiro atoms. The highest BCUT2D eigenvalue weighted by molar-refractivity contribution is 9.10. The normalized spacial score (nSPS) is 22.1. The van der Waals surface area contributed by atoms with Gasteiger partial charge in [0.05, 0.1) is 5.69 Å². The highest BCUT2D eigenvalue weighted by atomic mass is 79.9. The van der Waals surface area contributed by atoms with E-state index in [-0.39, 0.29) is 29.7 Å². The zero-order chi connectivity index (χ0) is 19.7. The number of carbonyl (C=O) groups is 3. The zero-order valence-corrected chi connectivity index (χ0v) is 17.6. The van der Waals surface area contributed by atoms with Crippen molar-refractivity contribution in [3.05, 3.63) is 27.7 Å². The first kappa shape index (κ1) is 19.9. The molecule has 2 aliphatic heterocycles. The van der Waals surface area contributed by atoms with Gasteiger partial charge in [0.25, 0.3) is 0 Å². The van der Waals surface area contributed by atoms with E-state index in [1.165, 1.54) is 0 Å². The molecular formula is C20H26BrN3O3. The molecule has 0 unspecified atom stereocenters. The maximum absolute atomic E-state index is 13.0. The van der Waals surface area contributed by atoms with Gasteiger partial charge in [0, 0.05) is 36.3 Å². The average Bonchev–Trinajstić information content (AvgIpc) is 2.96. The topological polar surface area (TPSA) is 78.5 Å². The Bertz CT molecular complexity index is 780. The van der Waals surface area contributed by atoms with Crippen LogP contribution in [0.3, 0.4) is 0 Å². The van der Waals surface area contributed by atoms with Gasteiger partial charge in [-0.2, -0.15) is 0 Å². The molecule has 1 aromatic carbocycles. The van der Waals surface area contributed by atoms with Gasteiger partial charge in [-0.3, -0.25) is 19.3 Å². The number of carbonyl (C=O) groups excluding carboxylic acids is 3. The van der Waals surface area contributed by atoms with Crippen molar-refractivity contribution in [1.82, 2.24) is 10.6 Å². The van der Waals surface area contributed by atoms with Crippen molar-refractivity contribution in [2.24, 2.45) is 5.92 Å². The van der Waals surface area contributed by atoms with E-state index < -0.39 is 6.04 Å². The molecule has 0 fully saturated rings. The number of nitrogens with zero attached hydrogens (tertiary/aromatic N) is 1. The number of amides is 3. The van der Waals surface area contributed by atoms with Gasteiger partial charge in [-0.15, -0.1) is 0 Å². The van der Waals surface area contributed by atoms with Crippen LogP contribution in [-0.4, -0.2) is 36.9 Å². The molecule has 146 valence electrons. The van der Waals surface area contributed by atoms with Crippen molar-refractivity contribution in [2.75, 3.05) is 11.9 Å². The van der Waals surface area contributed by atoms with Crippen LogP contribution in [0.2, 0.25) is 0 Å². The molecule has 0 aromatic heterocycles. The molecule has 3 amide bonds. The van der Waals surface area contributed by atoms with Crippen LogP contribution in [-0.2, 0) is 27.2 Å². The van der Waals surface area contributed by atoms with E-state index in [1.54, 1.807) is 11.9 Å². The average molecular weight is 436 g/mol. The lowest BCUT2D eigenvalue weighted by molar-refractivity contribution is -0.128. The lowest BCUT2D eigenvalue weighted by Crippen LogP contribution is -2.51. The van der Waals surface area contributed by atoms with E-state index in [1.807, 2.05) is 19.9 Å². The van der Waals surface area contributed by atoms with E-state index in [9.17, 15) is 14.4 Å². The first-order valence-corrected chi connectivity index (χ1v) is 10.3. The van der Waals surface area contributed by atoms with Crippen LogP contribution in [0, 0.1) is 5.92 Å². The third-order valence-corrected chi connectivity index (χ3v) is 5.94. The second kappa shape index (κ2) is 8.00. The quantitative estimate of drug-likeness (QED) is 0.744. The summed E-state index contributed by atoms with van der Waals surface area (Å²) < 4.78 is 0.984. The number of halogens is 1. The Morgan fingerprint density at radius 2 is 2.04 bits per heavy atom. The fraction of sp³-hybridized carbons (Fsp3) is 0.550. The van der Waals surface area contributed by atoms with Crippen LogP contribution in [0.25, 0.3) is 0 Å². The Labute approximate surface area is 168 Å². The summed E-state index contributed by atoms with van der Waals surface area (Å²) in [4.78, 5) is 39.1. The third-order valence-electron chi connectivity index (χ3n) is 5.48. The standard InChI is InChI=1S/C20H26BrN3O3/c1-11-4-6-13-8-15(21)9-14-10-16(24(18(13)14)20(11)27)19(26)23-12(2)5-7-17(25)22-3/h8-9,11-12,16H,4-7,10H2,1-3H3,(H,22,25)(H,23,26)/t11-,12+,16-/m0/s1. The van der Waals surface area contributed by atoms with E-state index in [2.05, 4.69) is 32.6 Å². The fourth-order valence-corrected chi connectivity index (χ4v) is 4.47. The van der Waals surface area contributed by atoms with Gasteiger partial charge in [-0.25, -0.2) is 0 Å². The minimum atomic E-state index is -0.524. The molecule has 6 nitrogen and oxygen atoms in total. The number of benzene rings is 1. The van der Waals surface area contributed by atoms with Gasteiger partial charge in [0.1, 0.15) is 6.04 Å². The maximum atomic E-state index is 13.0. The third kappa shape index (κ3) is 4.03. The Kier molecular flexibility index (Phi) is 5.89. The number of anilines is 1. The van der Waals surface area contributed by atoms with Crippen molar-refractivity contribution in [1.29, 1.82) is 0 Å². The Hall–Kier alpha value is -1.89. The Balaban J connectivity index is 1.80. The van der Waals surface area contributed by atoms with Gasteiger partial charge in [0.15, 0.2) is 0 Å². The van der Waals surface area contributed by atoms with E-state index >= 15 is 0 Å². The first-order chi connectivity index (χ1) is 12.8. The second-order valence-electron chi connectivity index (χ2n) is 7.56. The lowest BCUT2D eigenvalue weighted by Gasteiger charge is -2.27. The van der Waals surface area contributed by atoms with Gasteiger partial charge in [0.2, 0.25) is 17.7 Å². The molecule has 2 N–H and O–H groups in total. The molecule has 0 bridgehead atoms. The Morgan fingerprint density at radius 1 is 1.33 bits per heavy atom. The van der Waals surface area contributed by atoms with E-state index in [4.69, 9.17) is 0 Å². The monoisotopic (exact) mass is 435 g/mol. The second-order valence-corrected chi connectivity index (χ2v) is 8.48. The van der Waals surface area contributed by atoms with Crippen molar-refractivity contribution >= 4 is 39.3 Å². The SMILES string of the molecule is CNC(=O)CC[C@@H](C)NC(=O)[C@@H]1Cc2cc(Br)cc3c2N1C(=O)[C@@H](C)CC3. The molecule has 27 heavy (non-hydrogen) atoms. The zero-order valence-electron chi connectivity index (χ0n) is 16.0. The van der Waals surface area contributed by atoms with E-state index in [0.717, 1.165) is 34.1 Å². The van der Waals surface area contributed by atoms with Crippen molar-refractivity contribution in [2.45, 2.75) is 58.0 Å². The molecule has 7 heteroatoms. The summed E-state index contributed by atoms with van der Waals surface area (Å²) in [6, 6.07) is 3.41. The minimum Gasteiger partial charge on any atom is -0.359 e. The summed E-state index contributed by atoms with van der Waals surface area (Å²) in [5.74, 6) is -0.286. The summed E-state index contributed by atoms with van der Waals surface area (Å²) >= 11 is 3.55. The van der Waals surface area contributed by atoms with Gasteiger partial charge in [-0.1, -0.05) is 22.9 Å². The summed E-state index contributed by atoms with van der Waals surface area (Å²) in [5.41, 5.74) is 3.09. The highest BCUT2D eigenvalue weighted by Gasteiger charge is 2.42. The van der Waals surface area contributed by atoms with Crippen LogP contribution in [0.4, 0.5) is 5.69 Å². The number of nitrogens with one attached hydrogen (secondary N) is 2. The molecule has 2 aliphatic rings. The van der Waals surface area contributed by atoms with Gasteiger partial charge < -0.3 is 10.6 Å². The molecule has 1 aromatic rings. The maximum Gasteiger partial charge on any atom is 0.243 e. The minimum absolute atomic E-state index is 0.0213. The Morgan fingerprint density at radius 3 is 2.74 bits per heavy atom. The predicted octanol–water partition coefficient (Wildman–Crippen LogP) is 2.32. The molecule has 0 saturated carbocycles. The molecular weight excluding hydrogens is 410 g/mol. The van der Waals surface area contributed by atoms with Gasteiger partial charge >= 0.3 is 0 Å². The first-order valence-electron chi connectivity index (χ1n) is 9.47. The van der Waals surface area contributed by atoms with Crippen molar-refractivity contribution in [3.63, 3.8) is 0 Å². The number of rotatable bonds is 5. The van der Waals surface area contributed by atoms with Crippen LogP contribution >= 0.6 is 15.9 Å². The number of hydrogen-bond acceptors (Lipinski definition) is 3. The fourth-order valence-electron chi connectivity index (χ4n) is 3.92. The van der Waals surface area contributed by atoms with Gasteiger partial charge in [-0.05, 0) is 49.4 Å². The molecule has 0 aliphatic carbocycles. The predicted molar refractivity (Wildman–Crippen MR) is 108 cm³/mol. The summed E-state index contributed by atoms with van der Waals surface area (Å²) in [7, 11) is 1.60. The van der Waals surface area contributed by atoms with E-state index in [0.29, 0.717) is 19.3 Å². The molecule has 3 atom stereocenters. The summed E-state index contributed by atoms with van der Waals surface area (Å²) in [5, 5.41) is 5.57. The molecule has 2 heterocycles. The molecule has 3 rings (SSSR count). The van der Waals surface area contributed by atoms with Crippen LogP contribution in [0.1, 0.15) is 44.2 Å². The summed E-state index contributed by atoms with van der Waals surface area (Å²) in [6.07, 6.45) is 3.07. The lowest BCUT2D eigenvalue weighted by atomic mass is 9.99. The smallest absolute Gasteiger partial charge is 0.243 e. The summed E-state index contributed by atoms with van der Waals surface area (Å²) in [6.45, 7) is 3.82. The number of aryl methyl sites for hydroxylation is 1. The van der Waals surface area contributed by atoms with Crippen LogP contribution < -0.4 is 15.5 Å².